The molecule has 21 heavy (non-hydrogen) atoms. The van der Waals surface area contributed by atoms with E-state index in [1.54, 1.807) is 0 Å². The maximum atomic E-state index is 12.4. The Balaban J connectivity index is 1.91. The van der Waals surface area contributed by atoms with Crippen LogP contribution in [0.15, 0.2) is 30.3 Å². The summed E-state index contributed by atoms with van der Waals surface area (Å²) in [4.78, 5) is 16.4. The molecule has 1 heterocycles. The second kappa shape index (κ2) is 7.05. The molecular formula is C17H26N2O2. The molecule has 1 amide bonds. The number of nitrogens with zero attached hydrogens (tertiary/aromatic N) is 2. The van der Waals surface area contributed by atoms with Gasteiger partial charge in [0.05, 0.1) is 18.7 Å². The van der Waals surface area contributed by atoms with Crippen molar-refractivity contribution >= 4 is 5.91 Å². The first-order valence-corrected chi connectivity index (χ1v) is 7.70. The molecule has 0 aromatic heterocycles. The molecule has 1 aromatic rings. The number of piperidine rings is 1. The summed E-state index contributed by atoms with van der Waals surface area (Å²) in [6, 6.07) is 10.2. The van der Waals surface area contributed by atoms with Gasteiger partial charge < -0.3 is 10.0 Å². The van der Waals surface area contributed by atoms with Crippen LogP contribution >= 0.6 is 0 Å². The number of benzene rings is 1. The minimum atomic E-state index is -0.225. The minimum absolute atomic E-state index is 0.0755. The summed E-state index contributed by atoms with van der Waals surface area (Å²) in [6.45, 7) is 6.11. The van der Waals surface area contributed by atoms with Crippen molar-refractivity contribution in [2.75, 3.05) is 26.7 Å². The van der Waals surface area contributed by atoms with Gasteiger partial charge in [-0.1, -0.05) is 37.3 Å². The van der Waals surface area contributed by atoms with Crippen LogP contribution in [0.2, 0.25) is 0 Å². The van der Waals surface area contributed by atoms with E-state index in [4.69, 9.17) is 0 Å². The average Bonchev–Trinajstić information content (AvgIpc) is 2.50. The molecule has 0 spiro atoms. The molecule has 0 saturated carbocycles. The van der Waals surface area contributed by atoms with E-state index >= 15 is 0 Å². The number of likely N-dealkylation sites (N-methyl/N-ethyl adjacent to an activating group) is 1. The molecule has 2 rings (SSSR count). The molecule has 1 fully saturated rings. The molecule has 4 nitrogen and oxygen atoms in total. The van der Waals surface area contributed by atoms with Gasteiger partial charge in [-0.05, 0) is 24.8 Å². The molecule has 0 bridgehead atoms. The van der Waals surface area contributed by atoms with Crippen LogP contribution in [-0.2, 0) is 4.79 Å². The predicted molar refractivity (Wildman–Crippen MR) is 83.9 cm³/mol. The quantitative estimate of drug-likeness (QED) is 0.921. The summed E-state index contributed by atoms with van der Waals surface area (Å²) in [5.41, 5.74) is 1.15. The smallest absolute Gasteiger partial charge is 0.236 e. The highest BCUT2D eigenvalue weighted by atomic mass is 16.3. The molecular weight excluding hydrogens is 264 g/mol. The Kier molecular flexibility index (Phi) is 5.37. The first kappa shape index (κ1) is 16.0. The summed E-state index contributed by atoms with van der Waals surface area (Å²) >= 11 is 0. The SMILES string of the molecule is CC1CN(CC(=O)N(C)C(C)c2ccccc2)CCC1O. The summed E-state index contributed by atoms with van der Waals surface area (Å²) in [5, 5.41) is 9.75. The van der Waals surface area contributed by atoms with Crippen molar-refractivity contribution in [1.29, 1.82) is 0 Å². The Hall–Kier alpha value is -1.39. The summed E-state index contributed by atoms with van der Waals surface area (Å²) in [5.74, 6) is 0.373. The van der Waals surface area contributed by atoms with E-state index in [0.717, 1.165) is 25.1 Å². The highest BCUT2D eigenvalue weighted by Crippen LogP contribution is 2.20. The number of hydrogen-bond acceptors (Lipinski definition) is 3. The highest BCUT2D eigenvalue weighted by Gasteiger charge is 2.27. The molecule has 3 unspecified atom stereocenters. The molecule has 1 saturated heterocycles. The largest absolute Gasteiger partial charge is 0.393 e. The van der Waals surface area contributed by atoms with E-state index < -0.39 is 0 Å². The number of carbonyl (C=O) groups is 1. The van der Waals surface area contributed by atoms with E-state index in [9.17, 15) is 9.90 Å². The van der Waals surface area contributed by atoms with Crippen molar-refractivity contribution < 1.29 is 9.90 Å². The molecule has 0 aliphatic carbocycles. The average molecular weight is 290 g/mol. The van der Waals surface area contributed by atoms with Crippen molar-refractivity contribution in [2.24, 2.45) is 5.92 Å². The van der Waals surface area contributed by atoms with Gasteiger partial charge in [0.1, 0.15) is 0 Å². The molecule has 3 atom stereocenters. The van der Waals surface area contributed by atoms with Gasteiger partial charge in [-0.3, -0.25) is 9.69 Å². The third-order valence-corrected chi connectivity index (χ3v) is 4.56. The Morgan fingerprint density at radius 3 is 2.71 bits per heavy atom. The van der Waals surface area contributed by atoms with E-state index in [0.29, 0.717) is 6.54 Å². The molecule has 0 radical (unpaired) electrons. The molecule has 1 aliphatic heterocycles. The topological polar surface area (TPSA) is 43.8 Å². The van der Waals surface area contributed by atoms with Crippen LogP contribution < -0.4 is 0 Å². The van der Waals surface area contributed by atoms with Crippen LogP contribution in [0, 0.1) is 5.92 Å². The number of carbonyl (C=O) groups excluding carboxylic acids is 1. The number of rotatable bonds is 4. The third-order valence-electron chi connectivity index (χ3n) is 4.56. The van der Waals surface area contributed by atoms with Gasteiger partial charge in [0.2, 0.25) is 5.91 Å². The van der Waals surface area contributed by atoms with E-state index in [1.807, 2.05) is 49.2 Å². The summed E-state index contributed by atoms with van der Waals surface area (Å²) < 4.78 is 0. The Labute approximate surface area is 127 Å². The Morgan fingerprint density at radius 2 is 2.10 bits per heavy atom. The second-order valence-electron chi connectivity index (χ2n) is 6.16. The van der Waals surface area contributed by atoms with Crippen LogP contribution in [0.5, 0.6) is 0 Å². The number of aliphatic hydroxyl groups is 1. The predicted octanol–water partition coefficient (Wildman–Crippen LogP) is 1.91. The molecule has 116 valence electrons. The maximum absolute atomic E-state index is 12.4. The van der Waals surface area contributed by atoms with E-state index in [2.05, 4.69) is 11.8 Å². The molecule has 1 aromatic carbocycles. The van der Waals surface area contributed by atoms with Crippen molar-refractivity contribution in [3.8, 4) is 0 Å². The Bertz CT molecular complexity index is 463. The van der Waals surface area contributed by atoms with Gasteiger partial charge in [-0.2, -0.15) is 0 Å². The monoisotopic (exact) mass is 290 g/mol. The first-order chi connectivity index (χ1) is 9.99. The van der Waals surface area contributed by atoms with E-state index in [-0.39, 0.29) is 24.0 Å². The van der Waals surface area contributed by atoms with Crippen molar-refractivity contribution in [2.45, 2.75) is 32.4 Å². The van der Waals surface area contributed by atoms with Crippen LogP contribution in [0.3, 0.4) is 0 Å². The first-order valence-electron chi connectivity index (χ1n) is 7.70. The number of aliphatic hydroxyl groups excluding tert-OH is 1. The normalized spacial score (nSPS) is 24.6. The van der Waals surface area contributed by atoms with Gasteiger partial charge >= 0.3 is 0 Å². The molecule has 1 N–H and O–H groups in total. The van der Waals surface area contributed by atoms with E-state index in [1.165, 1.54) is 0 Å². The fourth-order valence-corrected chi connectivity index (χ4v) is 2.84. The van der Waals surface area contributed by atoms with Crippen molar-refractivity contribution in [3.63, 3.8) is 0 Å². The van der Waals surface area contributed by atoms with Gasteiger partial charge in [-0.25, -0.2) is 0 Å². The van der Waals surface area contributed by atoms with Crippen molar-refractivity contribution in [1.82, 2.24) is 9.80 Å². The Morgan fingerprint density at radius 1 is 1.43 bits per heavy atom. The van der Waals surface area contributed by atoms with Crippen LogP contribution in [0.4, 0.5) is 0 Å². The molecule has 4 heteroatoms. The van der Waals surface area contributed by atoms with Crippen LogP contribution in [0.1, 0.15) is 31.9 Å². The zero-order chi connectivity index (χ0) is 15.4. The van der Waals surface area contributed by atoms with Gasteiger partial charge in [-0.15, -0.1) is 0 Å². The zero-order valence-corrected chi connectivity index (χ0v) is 13.2. The summed E-state index contributed by atoms with van der Waals surface area (Å²) in [6.07, 6.45) is 0.532. The van der Waals surface area contributed by atoms with Crippen LogP contribution in [-0.4, -0.2) is 53.6 Å². The van der Waals surface area contributed by atoms with Crippen molar-refractivity contribution in [3.05, 3.63) is 35.9 Å². The maximum Gasteiger partial charge on any atom is 0.236 e. The van der Waals surface area contributed by atoms with Crippen LogP contribution in [0.25, 0.3) is 0 Å². The third kappa shape index (κ3) is 4.05. The lowest BCUT2D eigenvalue weighted by molar-refractivity contribution is -0.134. The standard InChI is InChI=1S/C17H26N2O2/c1-13-11-19(10-9-16(13)20)12-17(21)18(3)14(2)15-7-5-4-6-8-15/h4-8,13-14,16,20H,9-12H2,1-3H3. The number of amides is 1. The highest BCUT2D eigenvalue weighted by molar-refractivity contribution is 5.78. The zero-order valence-electron chi connectivity index (χ0n) is 13.2. The summed E-state index contributed by atoms with van der Waals surface area (Å²) in [7, 11) is 1.86. The number of likely N-dealkylation sites (tertiary alicyclic amines) is 1. The van der Waals surface area contributed by atoms with Gasteiger partial charge in [0.15, 0.2) is 0 Å². The lowest BCUT2D eigenvalue weighted by Gasteiger charge is -2.35. The van der Waals surface area contributed by atoms with Gasteiger partial charge in [0.25, 0.3) is 0 Å². The lowest BCUT2D eigenvalue weighted by Crippen LogP contribution is -2.46. The lowest BCUT2D eigenvalue weighted by atomic mass is 9.97. The number of hydrogen-bond donors (Lipinski definition) is 1. The fourth-order valence-electron chi connectivity index (χ4n) is 2.84. The molecule has 1 aliphatic rings. The second-order valence-corrected chi connectivity index (χ2v) is 6.16. The minimum Gasteiger partial charge on any atom is -0.393 e. The van der Waals surface area contributed by atoms with Gasteiger partial charge in [0, 0.05) is 20.1 Å². The fraction of sp³-hybridized carbons (Fsp3) is 0.588.